The van der Waals surface area contributed by atoms with E-state index in [0.29, 0.717) is 6.42 Å². The summed E-state index contributed by atoms with van der Waals surface area (Å²) in [6, 6.07) is -1.32. The van der Waals surface area contributed by atoms with Gasteiger partial charge >= 0.3 is 12.0 Å². The van der Waals surface area contributed by atoms with E-state index < -0.39 is 31.0 Å². The molecule has 2 amide bonds. The van der Waals surface area contributed by atoms with Crippen LogP contribution in [0.4, 0.5) is 13.6 Å². The van der Waals surface area contributed by atoms with Crippen LogP contribution in [0, 0.1) is 0 Å². The lowest BCUT2D eigenvalue weighted by Crippen LogP contribution is -2.44. The zero-order chi connectivity index (χ0) is 11.8. The fourth-order valence-electron chi connectivity index (χ4n) is 0.914. The average molecular weight is 224 g/mol. The van der Waals surface area contributed by atoms with Crippen molar-refractivity contribution in [2.24, 2.45) is 0 Å². The van der Waals surface area contributed by atoms with Gasteiger partial charge < -0.3 is 15.7 Å². The molecule has 0 aromatic rings. The molecule has 15 heavy (non-hydrogen) atoms. The number of urea groups is 1. The van der Waals surface area contributed by atoms with Crippen molar-refractivity contribution in [1.29, 1.82) is 0 Å². The Morgan fingerprint density at radius 1 is 1.40 bits per heavy atom. The van der Waals surface area contributed by atoms with E-state index in [1.165, 1.54) is 0 Å². The van der Waals surface area contributed by atoms with Gasteiger partial charge in [-0.1, -0.05) is 6.92 Å². The second-order valence-corrected chi connectivity index (χ2v) is 2.95. The number of hydrogen-bond acceptors (Lipinski definition) is 2. The van der Waals surface area contributed by atoms with Crippen LogP contribution in [0.25, 0.3) is 0 Å². The van der Waals surface area contributed by atoms with Crippen LogP contribution in [0.5, 0.6) is 0 Å². The van der Waals surface area contributed by atoms with E-state index >= 15 is 0 Å². The minimum Gasteiger partial charge on any atom is -0.481 e. The molecule has 0 aromatic heterocycles. The molecule has 0 heterocycles. The molecule has 0 fully saturated rings. The van der Waals surface area contributed by atoms with Crippen molar-refractivity contribution in [1.82, 2.24) is 10.6 Å². The fraction of sp³-hybridized carbons (Fsp3) is 0.750. The number of nitrogens with one attached hydrogen (secondary N) is 2. The highest BCUT2D eigenvalue weighted by molar-refractivity contribution is 5.75. The summed E-state index contributed by atoms with van der Waals surface area (Å²) in [6.45, 7) is 0.955. The maximum atomic E-state index is 11.7. The quantitative estimate of drug-likeness (QED) is 0.624. The molecule has 7 heteroatoms. The summed E-state index contributed by atoms with van der Waals surface area (Å²) in [5, 5.41) is 12.7. The van der Waals surface area contributed by atoms with Gasteiger partial charge in [-0.2, -0.15) is 0 Å². The topological polar surface area (TPSA) is 78.4 Å². The third kappa shape index (κ3) is 7.65. The highest BCUT2D eigenvalue weighted by Gasteiger charge is 2.14. The summed E-state index contributed by atoms with van der Waals surface area (Å²) in [5.74, 6) is -1.05. The number of carbonyl (C=O) groups excluding carboxylic acids is 1. The molecule has 3 N–H and O–H groups in total. The Morgan fingerprint density at radius 2 is 2.00 bits per heavy atom. The van der Waals surface area contributed by atoms with Crippen molar-refractivity contribution >= 4 is 12.0 Å². The third-order valence-corrected chi connectivity index (χ3v) is 1.67. The molecular formula is C8H14F2N2O3. The van der Waals surface area contributed by atoms with Gasteiger partial charge in [0, 0.05) is 6.04 Å². The average Bonchev–Trinajstić information content (AvgIpc) is 2.13. The van der Waals surface area contributed by atoms with Gasteiger partial charge in [-0.15, -0.1) is 0 Å². The normalized spacial score (nSPS) is 12.3. The summed E-state index contributed by atoms with van der Waals surface area (Å²) < 4.78 is 23.4. The van der Waals surface area contributed by atoms with E-state index in [1.54, 1.807) is 6.92 Å². The summed E-state index contributed by atoms with van der Waals surface area (Å²) >= 11 is 0. The number of rotatable bonds is 6. The van der Waals surface area contributed by atoms with Gasteiger partial charge in [0.2, 0.25) is 0 Å². The maximum Gasteiger partial charge on any atom is 0.315 e. The third-order valence-electron chi connectivity index (χ3n) is 1.67. The van der Waals surface area contributed by atoms with Gasteiger partial charge in [-0.25, -0.2) is 13.6 Å². The molecule has 1 unspecified atom stereocenters. The van der Waals surface area contributed by atoms with Crippen LogP contribution >= 0.6 is 0 Å². The molecule has 0 rings (SSSR count). The van der Waals surface area contributed by atoms with Crippen molar-refractivity contribution in [2.75, 3.05) is 6.54 Å². The molecule has 5 nitrogen and oxygen atoms in total. The van der Waals surface area contributed by atoms with Crippen LogP contribution < -0.4 is 10.6 Å². The van der Waals surface area contributed by atoms with E-state index in [4.69, 9.17) is 5.11 Å². The summed E-state index contributed by atoms with van der Waals surface area (Å²) in [4.78, 5) is 21.3. The summed E-state index contributed by atoms with van der Waals surface area (Å²) in [5.41, 5.74) is 0. The van der Waals surface area contributed by atoms with Crippen molar-refractivity contribution in [3.63, 3.8) is 0 Å². The van der Waals surface area contributed by atoms with Crippen molar-refractivity contribution < 1.29 is 23.5 Å². The van der Waals surface area contributed by atoms with Crippen LogP contribution in [0.15, 0.2) is 0 Å². The van der Waals surface area contributed by atoms with Crippen LogP contribution in [-0.2, 0) is 4.79 Å². The Kier molecular flexibility index (Phi) is 6.32. The Labute approximate surface area is 85.8 Å². The zero-order valence-corrected chi connectivity index (χ0v) is 8.30. The lowest BCUT2D eigenvalue weighted by atomic mass is 10.1. The summed E-state index contributed by atoms with van der Waals surface area (Å²) in [6.07, 6.45) is -2.41. The first-order chi connectivity index (χ1) is 6.95. The molecule has 0 aliphatic carbocycles. The number of alkyl halides is 2. The van der Waals surface area contributed by atoms with E-state index in [-0.39, 0.29) is 6.42 Å². The SMILES string of the molecule is CCC(CC(=O)O)NC(=O)NCC(F)F. The van der Waals surface area contributed by atoms with Crippen LogP contribution in [0.1, 0.15) is 19.8 Å². The van der Waals surface area contributed by atoms with Gasteiger partial charge in [0.1, 0.15) is 0 Å². The Bertz CT molecular complexity index is 224. The Morgan fingerprint density at radius 3 is 2.40 bits per heavy atom. The van der Waals surface area contributed by atoms with Gasteiger partial charge in [-0.3, -0.25) is 4.79 Å². The van der Waals surface area contributed by atoms with E-state index in [2.05, 4.69) is 5.32 Å². The number of amides is 2. The second kappa shape index (κ2) is 6.97. The van der Waals surface area contributed by atoms with Gasteiger partial charge in [0.15, 0.2) is 0 Å². The molecular weight excluding hydrogens is 210 g/mol. The predicted molar refractivity (Wildman–Crippen MR) is 48.9 cm³/mol. The number of carboxylic acids is 1. The van der Waals surface area contributed by atoms with E-state index in [1.807, 2.05) is 5.32 Å². The van der Waals surface area contributed by atoms with Crippen molar-refractivity contribution in [3.8, 4) is 0 Å². The fourth-order valence-corrected chi connectivity index (χ4v) is 0.914. The first-order valence-electron chi connectivity index (χ1n) is 4.50. The second-order valence-electron chi connectivity index (χ2n) is 2.95. The predicted octanol–water partition coefficient (Wildman–Crippen LogP) is 0.804. The number of carboxylic acid groups (broad SMARTS) is 1. The molecule has 0 aromatic carbocycles. The smallest absolute Gasteiger partial charge is 0.315 e. The monoisotopic (exact) mass is 224 g/mol. The molecule has 0 spiro atoms. The Hall–Kier alpha value is -1.40. The van der Waals surface area contributed by atoms with Gasteiger partial charge in [0.25, 0.3) is 6.43 Å². The van der Waals surface area contributed by atoms with Crippen LogP contribution in [-0.4, -0.2) is 36.1 Å². The minimum absolute atomic E-state index is 0.224. The Balaban J connectivity index is 3.85. The summed E-state index contributed by atoms with van der Waals surface area (Å²) in [7, 11) is 0. The molecule has 0 saturated carbocycles. The number of hydrogen-bond donors (Lipinski definition) is 3. The highest BCUT2D eigenvalue weighted by atomic mass is 19.3. The first-order valence-corrected chi connectivity index (χ1v) is 4.50. The number of halogens is 2. The lowest BCUT2D eigenvalue weighted by molar-refractivity contribution is -0.137. The van der Waals surface area contributed by atoms with Gasteiger partial charge in [-0.05, 0) is 6.42 Å². The molecule has 0 aliphatic rings. The minimum atomic E-state index is -2.62. The van der Waals surface area contributed by atoms with Crippen molar-refractivity contribution in [3.05, 3.63) is 0 Å². The number of carbonyl (C=O) groups is 2. The molecule has 1 atom stereocenters. The standard InChI is InChI=1S/C8H14F2N2O3/c1-2-5(3-7(13)14)12-8(15)11-4-6(9)10/h5-6H,2-4H2,1H3,(H,13,14)(H2,11,12,15). The number of aliphatic carboxylic acids is 1. The molecule has 88 valence electrons. The van der Waals surface area contributed by atoms with E-state index in [0.717, 1.165) is 0 Å². The van der Waals surface area contributed by atoms with Crippen LogP contribution in [0.3, 0.4) is 0 Å². The highest BCUT2D eigenvalue weighted by Crippen LogP contribution is 1.97. The largest absolute Gasteiger partial charge is 0.481 e. The molecule has 0 saturated heterocycles. The van der Waals surface area contributed by atoms with Crippen molar-refractivity contribution in [2.45, 2.75) is 32.2 Å². The van der Waals surface area contributed by atoms with E-state index in [9.17, 15) is 18.4 Å². The first kappa shape index (κ1) is 13.6. The van der Waals surface area contributed by atoms with Gasteiger partial charge in [0.05, 0.1) is 13.0 Å². The molecule has 0 bridgehead atoms. The molecule has 0 aliphatic heterocycles. The molecule has 0 radical (unpaired) electrons. The lowest BCUT2D eigenvalue weighted by Gasteiger charge is -2.15. The maximum absolute atomic E-state index is 11.7. The van der Waals surface area contributed by atoms with Crippen LogP contribution in [0.2, 0.25) is 0 Å². The zero-order valence-electron chi connectivity index (χ0n) is 8.30.